The molecule has 1 amide bonds. The topological polar surface area (TPSA) is 60.5 Å². The summed E-state index contributed by atoms with van der Waals surface area (Å²) in [5, 5.41) is 2.66. The number of amides is 1. The molecule has 2 aromatic rings. The lowest BCUT2D eigenvalue weighted by atomic mass is 10.2. The highest BCUT2D eigenvalue weighted by molar-refractivity contribution is 5.67. The Labute approximate surface area is 135 Å². The van der Waals surface area contributed by atoms with Gasteiger partial charge in [-0.1, -0.05) is 42.2 Å². The minimum absolute atomic E-state index is 0.258. The minimum atomic E-state index is -0.446. The van der Waals surface area contributed by atoms with Crippen LogP contribution in [0, 0.1) is 11.8 Å². The molecule has 5 nitrogen and oxygen atoms in total. The van der Waals surface area contributed by atoms with Crippen LogP contribution in [0.15, 0.2) is 48.8 Å². The monoisotopic (exact) mass is 310 g/mol. The van der Waals surface area contributed by atoms with Crippen LogP contribution in [-0.2, 0) is 11.3 Å². The number of benzene rings is 1. The van der Waals surface area contributed by atoms with E-state index in [9.17, 15) is 4.79 Å². The maximum absolute atomic E-state index is 11.5. The summed E-state index contributed by atoms with van der Waals surface area (Å²) < 4.78 is 10.2. The van der Waals surface area contributed by atoms with Crippen LogP contribution < -0.4 is 10.1 Å². The molecular formula is C18H18N2O3. The number of methoxy groups -OCH3 is 1. The van der Waals surface area contributed by atoms with Gasteiger partial charge in [0, 0.05) is 24.7 Å². The van der Waals surface area contributed by atoms with Gasteiger partial charge in [0.05, 0.1) is 13.3 Å². The van der Waals surface area contributed by atoms with Gasteiger partial charge < -0.3 is 14.8 Å². The van der Waals surface area contributed by atoms with Gasteiger partial charge in [-0.15, -0.1) is 0 Å². The standard InChI is InChI=1S/C18H18N2O3/c1-22-17-11-16(12-19-13-17)9-5-6-10-20-18(21)23-14-15-7-3-2-4-8-15/h2-4,7-8,11-13H,6,10,14H2,1H3,(H,20,21). The molecule has 0 unspecified atom stereocenters. The van der Waals surface area contributed by atoms with E-state index in [4.69, 9.17) is 9.47 Å². The lowest BCUT2D eigenvalue weighted by molar-refractivity contribution is 0.140. The molecule has 118 valence electrons. The third kappa shape index (κ3) is 6.10. The summed E-state index contributed by atoms with van der Waals surface area (Å²) in [7, 11) is 1.58. The highest BCUT2D eigenvalue weighted by Gasteiger charge is 2.00. The number of aromatic nitrogens is 1. The zero-order valence-electron chi connectivity index (χ0n) is 12.9. The summed E-state index contributed by atoms with van der Waals surface area (Å²) in [5.74, 6) is 6.60. The van der Waals surface area contributed by atoms with Crippen molar-refractivity contribution >= 4 is 6.09 Å². The van der Waals surface area contributed by atoms with Gasteiger partial charge in [-0.3, -0.25) is 4.98 Å². The highest BCUT2D eigenvalue weighted by atomic mass is 16.5. The molecule has 0 aliphatic rings. The van der Waals surface area contributed by atoms with Crippen LogP contribution in [0.4, 0.5) is 4.79 Å². The van der Waals surface area contributed by atoms with E-state index in [1.807, 2.05) is 36.4 Å². The minimum Gasteiger partial charge on any atom is -0.495 e. The molecule has 5 heteroatoms. The van der Waals surface area contributed by atoms with Crippen molar-refractivity contribution in [3.8, 4) is 17.6 Å². The third-order valence-corrected chi connectivity index (χ3v) is 2.91. The number of carbonyl (C=O) groups is 1. The number of hydrogen-bond acceptors (Lipinski definition) is 4. The normalized spacial score (nSPS) is 9.43. The fourth-order valence-corrected chi connectivity index (χ4v) is 1.76. The zero-order chi connectivity index (χ0) is 16.3. The molecule has 0 aliphatic heterocycles. The van der Waals surface area contributed by atoms with Gasteiger partial charge >= 0.3 is 6.09 Å². The number of alkyl carbamates (subject to hydrolysis) is 1. The highest BCUT2D eigenvalue weighted by Crippen LogP contribution is 2.08. The van der Waals surface area contributed by atoms with Crippen LogP contribution in [0.25, 0.3) is 0 Å². The van der Waals surface area contributed by atoms with E-state index in [1.165, 1.54) is 0 Å². The molecule has 0 fully saturated rings. The number of carbonyl (C=O) groups excluding carboxylic acids is 1. The lowest BCUT2D eigenvalue weighted by Gasteiger charge is -2.05. The average molecular weight is 310 g/mol. The van der Waals surface area contributed by atoms with E-state index in [0.29, 0.717) is 18.7 Å². The van der Waals surface area contributed by atoms with E-state index < -0.39 is 6.09 Å². The third-order valence-electron chi connectivity index (χ3n) is 2.91. The van der Waals surface area contributed by atoms with Crippen molar-refractivity contribution < 1.29 is 14.3 Å². The predicted molar refractivity (Wildman–Crippen MR) is 86.9 cm³/mol. The first kappa shape index (κ1) is 16.4. The Hall–Kier alpha value is -3.00. The molecule has 2 rings (SSSR count). The van der Waals surface area contributed by atoms with Gasteiger partial charge in [-0.2, -0.15) is 0 Å². The average Bonchev–Trinajstić information content (AvgIpc) is 2.61. The molecule has 1 aromatic heterocycles. The Morgan fingerprint density at radius 1 is 1.26 bits per heavy atom. The number of pyridine rings is 1. The fraction of sp³-hybridized carbons (Fsp3) is 0.222. The van der Waals surface area contributed by atoms with Crippen LogP contribution in [0.1, 0.15) is 17.5 Å². The molecule has 23 heavy (non-hydrogen) atoms. The van der Waals surface area contributed by atoms with Gasteiger partial charge in [-0.05, 0) is 11.6 Å². The molecule has 0 spiro atoms. The Morgan fingerprint density at radius 2 is 2.09 bits per heavy atom. The summed E-state index contributed by atoms with van der Waals surface area (Å²) in [4.78, 5) is 15.5. The number of nitrogens with zero attached hydrogens (tertiary/aromatic N) is 1. The van der Waals surface area contributed by atoms with Crippen molar-refractivity contribution in [3.63, 3.8) is 0 Å². The first-order valence-corrected chi connectivity index (χ1v) is 7.20. The number of nitrogens with one attached hydrogen (secondary N) is 1. The van der Waals surface area contributed by atoms with Crippen molar-refractivity contribution in [2.45, 2.75) is 13.0 Å². The van der Waals surface area contributed by atoms with E-state index in [0.717, 1.165) is 11.1 Å². The van der Waals surface area contributed by atoms with Crippen LogP contribution in [0.5, 0.6) is 5.75 Å². The van der Waals surface area contributed by atoms with Crippen LogP contribution in [-0.4, -0.2) is 24.7 Å². The van der Waals surface area contributed by atoms with Gasteiger partial charge in [0.2, 0.25) is 0 Å². The second-order valence-corrected chi connectivity index (χ2v) is 4.65. The van der Waals surface area contributed by atoms with Crippen molar-refractivity contribution in [1.82, 2.24) is 10.3 Å². The Kier molecular flexibility index (Phi) is 6.48. The molecule has 0 aliphatic carbocycles. The molecule has 0 saturated carbocycles. The second kappa shape index (κ2) is 9.11. The molecule has 1 heterocycles. The van der Waals surface area contributed by atoms with Crippen LogP contribution in [0.2, 0.25) is 0 Å². The van der Waals surface area contributed by atoms with E-state index >= 15 is 0 Å². The van der Waals surface area contributed by atoms with Crippen LogP contribution >= 0.6 is 0 Å². The van der Waals surface area contributed by atoms with Gasteiger partial charge in [0.1, 0.15) is 12.4 Å². The summed E-state index contributed by atoms with van der Waals surface area (Å²) in [6.45, 7) is 0.686. The van der Waals surface area contributed by atoms with Crippen LogP contribution in [0.3, 0.4) is 0 Å². The summed E-state index contributed by atoms with van der Waals surface area (Å²) in [5.41, 5.74) is 1.73. The number of rotatable bonds is 5. The quantitative estimate of drug-likeness (QED) is 0.681. The SMILES string of the molecule is COc1cncc(C#CCCNC(=O)OCc2ccccc2)c1. The molecule has 0 bridgehead atoms. The summed E-state index contributed by atoms with van der Waals surface area (Å²) >= 11 is 0. The fourth-order valence-electron chi connectivity index (χ4n) is 1.76. The Balaban J connectivity index is 1.67. The Morgan fingerprint density at radius 3 is 2.87 bits per heavy atom. The maximum Gasteiger partial charge on any atom is 0.407 e. The van der Waals surface area contributed by atoms with E-state index in [1.54, 1.807) is 19.5 Å². The van der Waals surface area contributed by atoms with Crippen molar-refractivity contribution in [2.75, 3.05) is 13.7 Å². The number of ether oxygens (including phenoxy) is 2. The summed E-state index contributed by atoms with van der Waals surface area (Å²) in [6.07, 6.45) is 3.36. The molecule has 0 atom stereocenters. The molecular weight excluding hydrogens is 292 g/mol. The Bertz CT molecular complexity index is 690. The molecule has 1 aromatic carbocycles. The molecule has 1 N–H and O–H groups in total. The smallest absolute Gasteiger partial charge is 0.407 e. The second-order valence-electron chi connectivity index (χ2n) is 4.65. The number of hydrogen-bond donors (Lipinski definition) is 1. The van der Waals surface area contributed by atoms with Crippen molar-refractivity contribution in [1.29, 1.82) is 0 Å². The van der Waals surface area contributed by atoms with Crippen molar-refractivity contribution in [2.24, 2.45) is 0 Å². The van der Waals surface area contributed by atoms with E-state index in [2.05, 4.69) is 22.1 Å². The molecule has 0 saturated heterocycles. The maximum atomic E-state index is 11.5. The predicted octanol–water partition coefficient (Wildman–Crippen LogP) is 2.76. The first-order valence-electron chi connectivity index (χ1n) is 7.20. The molecule has 0 radical (unpaired) electrons. The first-order chi connectivity index (χ1) is 11.3. The van der Waals surface area contributed by atoms with Gasteiger partial charge in [-0.25, -0.2) is 4.79 Å². The largest absolute Gasteiger partial charge is 0.495 e. The van der Waals surface area contributed by atoms with Gasteiger partial charge in [0.25, 0.3) is 0 Å². The lowest BCUT2D eigenvalue weighted by Crippen LogP contribution is -2.24. The van der Waals surface area contributed by atoms with Gasteiger partial charge in [0.15, 0.2) is 0 Å². The van der Waals surface area contributed by atoms with E-state index in [-0.39, 0.29) is 6.61 Å². The van der Waals surface area contributed by atoms with Crippen molar-refractivity contribution in [3.05, 3.63) is 59.9 Å². The summed E-state index contributed by atoms with van der Waals surface area (Å²) in [6, 6.07) is 11.3. The zero-order valence-corrected chi connectivity index (χ0v) is 12.9.